The Hall–Kier alpha value is -0.120. The zero-order valence-corrected chi connectivity index (χ0v) is 16.3. The summed E-state index contributed by atoms with van der Waals surface area (Å²) in [6, 6.07) is 0. The third-order valence-electron chi connectivity index (χ3n) is 4.03. The fraction of sp³-hybridized carbons (Fsp3) is 0.933. The van der Waals surface area contributed by atoms with Crippen molar-refractivity contribution in [2.75, 3.05) is 72.7 Å². The van der Waals surface area contributed by atoms with Crippen LogP contribution in [0.1, 0.15) is 13.3 Å². The highest BCUT2D eigenvalue weighted by Gasteiger charge is 2.19. The summed E-state index contributed by atoms with van der Waals surface area (Å²) in [5.41, 5.74) is 0. The minimum atomic E-state index is 0. The van der Waals surface area contributed by atoms with E-state index in [1.165, 1.54) is 0 Å². The quantitative estimate of drug-likeness (QED) is 0.388. The van der Waals surface area contributed by atoms with Crippen molar-refractivity contribution < 1.29 is 9.47 Å². The van der Waals surface area contributed by atoms with E-state index in [0.29, 0.717) is 5.92 Å². The molecule has 0 aromatic heterocycles. The molecule has 2 aliphatic rings. The molecule has 0 bridgehead atoms. The highest BCUT2D eigenvalue weighted by molar-refractivity contribution is 14.0. The minimum Gasteiger partial charge on any atom is -0.381 e. The first-order chi connectivity index (χ1) is 10.3. The largest absolute Gasteiger partial charge is 0.381 e. The van der Waals surface area contributed by atoms with Crippen molar-refractivity contribution in [1.29, 1.82) is 0 Å². The molecule has 0 aromatic carbocycles. The van der Waals surface area contributed by atoms with Crippen LogP contribution in [0.4, 0.5) is 0 Å². The predicted octanol–water partition coefficient (Wildman–Crippen LogP) is 0.870. The van der Waals surface area contributed by atoms with Gasteiger partial charge >= 0.3 is 0 Å². The summed E-state index contributed by atoms with van der Waals surface area (Å²) < 4.78 is 10.8. The van der Waals surface area contributed by atoms with E-state index in [9.17, 15) is 0 Å². The van der Waals surface area contributed by atoms with Crippen LogP contribution in [-0.4, -0.2) is 88.5 Å². The van der Waals surface area contributed by atoms with Crippen molar-refractivity contribution in [1.82, 2.24) is 15.1 Å². The molecular formula is C15H31IN4O2. The van der Waals surface area contributed by atoms with Gasteiger partial charge in [0.1, 0.15) is 0 Å². The highest BCUT2D eigenvalue weighted by atomic mass is 127. The standard InChI is InChI=1S/C15H30N4O2.HI/c1-3-16-15(18(2)12-14-4-9-21-13-14)17-5-6-19-7-10-20-11-8-19;/h14H,3-13H2,1-2H3,(H,16,17);1H. The Morgan fingerprint density at radius 2 is 2.05 bits per heavy atom. The molecule has 2 heterocycles. The molecule has 0 amide bonds. The average molecular weight is 426 g/mol. The SMILES string of the molecule is CCNC(=NCCN1CCOCC1)N(C)CC1CCOC1.I. The second-order valence-corrected chi connectivity index (χ2v) is 5.80. The first kappa shape index (κ1) is 19.9. The number of ether oxygens (including phenoxy) is 2. The lowest BCUT2D eigenvalue weighted by Crippen LogP contribution is -2.42. The van der Waals surface area contributed by atoms with Gasteiger partial charge in [-0.05, 0) is 13.3 Å². The van der Waals surface area contributed by atoms with E-state index in [-0.39, 0.29) is 24.0 Å². The summed E-state index contributed by atoms with van der Waals surface area (Å²) in [7, 11) is 2.12. The Bertz CT molecular complexity index is 319. The number of hydrogen-bond acceptors (Lipinski definition) is 4. The van der Waals surface area contributed by atoms with Crippen LogP contribution in [0.2, 0.25) is 0 Å². The molecule has 2 saturated heterocycles. The molecule has 1 N–H and O–H groups in total. The number of rotatable bonds is 6. The maximum atomic E-state index is 5.45. The summed E-state index contributed by atoms with van der Waals surface area (Å²) >= 11 is 0. The molecule has 0 saturated carbocycles. The van der Waals surface area contributed by atoms with Crippen LogP contribution < -0.4 is 5.32 Å². The van der Waals surface area contributed by atoms with Crippen molar-refractivity contribution in [3.8, 4) is 0 Å². The van der Waals surface area contributed by atoms with Crippen LogP contribution >= 0.6 is 24.0 Å². The molecule has 1 atom stereocenters. The van der Waals surface area contributed by atoms with E-state index in [1.54, 1.807) is 0 Å². The van der Waals surface area contributed by atoms with Gasteiger partial charge in [0.05, 0.1) is 26.4 Å². The number of nitrogens with zero attached hydrogens (tertiary/aromatic N) is 3. The van der Waals surface area contributed by atoms with Gasteiger partial charge in [-0.3, -0.25) is 9.89 Å². The molecule has 130 valence electrons. The molecule has 0 aliphatic carbocycles. The van der Waals surface area contributed by atoms with Crippen molar-refractivity contribution >= 4 is 29.9 Å². The maximum absolute atomic E-state index is 5.45. The Kier molecular flexibility index (Phi) is 10.3. The zero-order valence-electron chi connectivity index (χ0n) is 13.9. The molecule has 22 heavy (non-hydrogen) atoms. The normalized spacial score (nSPS) is 23.2. The van der Waals surface area contributed by atoms with Crippen molar-refractivity contribution in [2.24, 2.45) is 10.9 Å². The number of morpholine rings is 1. The predicted molar refractivity (Wildman–Crippen MR) is 100 cm³/mol. The van der Waals surface area contributed by atoms with Gasteiger partial charge in [-0.25, -0.2) is 0 Å². The maximum Gasteiger partial charge on any atom is 0.193 e. The van der Waals surface area contributed by atoms with Crippen LogP contribution in [0, 0.1) is 5.92 Å². The van der Waals surface area contributed by atoms with E-state index in [2.05, 4.69) is 29.1 Å². The molecule has 7 heteroatoms. The van der Waals surface area contributed by atoms with Crippen molar-refractivity contribution in [3.05, 3.63) is 0 Å². The molecule has 6 nitrogen and oxygen atoms in total. The molecule has 2 fully saturated rings. The van der Waals surface area contributed by atoms with Gasteiger partial charge in [-0.15, -0.1) is 24.0 Å². The number of aliphatic imine (C=N–C) groups is 1. The number of nitrogens with one attached hydrogen (secondary N) is 1. The van der Waals surface area contributed by atoms with Gasteiger partial charge in [0.15, 0.2) is 5.96 Å². The van der Waals surface area contributed by atoms with Crippen LogP contribution in [0.15, 0.2) is 4.99 Å². The van der Waals surface area contributed by atoms with Crippen LogP contribution in [0.25, 0.3) is 0 Å². The average Bonchev–Trinajstić information content (AvgIpc) is 3.00. The van der Waals surface area contributed by atoms with Gasteiger partial charge < -0.3 is 19.7 Å². The number of halogens is 1. The second kappa shape index (κ2) is 11.4. The summed E-state index contributed by atoms with van der Waals surface area (Å²) in [5.74, 6) is 1.65. The van der Waals surface area contributed by atoms with Gasteiger partial charge in [0.25, 0.3) is 0 Å². The number of guanidine groups is 1. The third-order valence-corrected chi connectivity index (χ3v) is 4.03. The molecule has 1 unspecified atom stereocenters. The fourth-order valence-corrected chi connectivity index (χ4v) is 2.79. The van der Waals surface area contributed by atoms with Gasteiger partial charge in [0.2, 0.25) is 0 Å². The van der Waals surface area contributed by atoms with E-state index in [4.69, 9.17) is 14.5 Å². The van der Waals surface area contributed by atoms with Crippen molar-refractivity contribution in [2.45, 2.75) is 13.3 Å². The zero-order chi connectivity index (χ0) is 14.9. The Morgan fingerprint density at radius 3 is 2.68 bits per heavy atom. The molecule has 0 aromatic rings. The summed E-state index contributed by atoms with van der Waals surface area (Å²) in [6.45, 7) is 11.4. The second-order valence-electron chi connectivity index (χ2n) is 5.80. The van der Waals surface area contributed by atoms with Crippen molar-refractivity contribution in [3.63, 3.8) is 0 Å². The summed E-state index contributed by atoms with van der Waals surface area (Å²) in [4.78, 5) is 9.41. The van der Waals surface area contributed by atoms with E-state index in [1.807, 2.05) is 0 Å². The lowest BCUT2D eigenvalue weighted by Gasteiger charge is -2.27. The molecular weight excluding hydrogens is 395 g/mol. The molecule has 0 spiro atoms. The topological polar surface area (TPSA) is 49.3 Å². The molecule has 2 aliphatic heterocycles. The molecule has 0 radical (unpaired) electrons. The van der Waals surface area contributed by atoms with Crippen LogP contribution in [0.3, 0.4) is 0 Å². The van der Waals surface area contributed by atoms with Gasteiger partial charge in [-0.2, -0.15) is 0 Å². The van der Waals surface area contributed by atoms with E-state index < -0.39 is 0 Å². The fourth-order valence-electron chi connectivity index (χ4n) is 2.79. The van der Waals surface area contributed by atoms with E-state index >= 15 is 0 Å². The Labute approximate surface area is 151 Å². The third kappa shape index (κ3) is 6.97. The first-order valence-electron chi connectivity index (χ1n) is 8.17. The number of hydrogen-bond donors (Lipinski definition) is 1. The highest BCUT2D eigenvalue weighted by Crippen LogP contribution is 2.13. The minimum absolute atomic E-state index is 0. The smallest absolute Gasteiger partial charge is 0.193 e. The first-order valence-corrected chi connectivity index (χ1v) is 8.17. The summed E-state index contributed by atoms with van der Waals surface area (Å²) in [5, 5.41) is 3.39. The monoisotopic (exact) mass is 426 g/mol. The Balaban J connectivity index is 0.00000242. The van der Waals surface area contributed by atoms with E-state index in [0.717, 1.165) is 78.1 Å². The molecule has 2 rings (SSSR count). The Morgan fingerprint density at radius 1 is 1.27 bits per heavy atom. The van der Waals surface area contributed by atoms with Gasteiger partial charge in [0, 0.05) is 52.3 Å². The van der Waals surface area contributed by atoms with Gasteiger partial charge in [-0.1, -0.05) is 0 Å². The lowest BCUT2D eigenvalue weighted by atomic mass is 10.1. The lowest BCUT2D eigenvalue weighted by molar-refractivity contribution is 0.0394. The van der Waals surface area contributed by atoms with Crippen LogP contribution in [0.5, 0.6) is 0 Å². The summed E-state index contributed by atoms with van der Waals surface area (Å²) in [6.07, 6.45) is 1.16. The van der Waals surface area contributed by atoms with Crippen LogP contribution in [-0.2, 0) is 9.47 Å².